The molecule has 88 valence electrons. The zero-order valence-electron chi connectivity index (χ0n) is 9.11. The van der Waals surface area contributed by atoms with E-state index in [4.69, 9.17) is 16.7 Å². The summed E-state index contributed by atoms with van der Waals surface area (Å²) in [7, 11) is 0. The molecule has 1 aromatic heterocycles. The third-order valence-electron chi connectivity index (χ3n) is 2.25. The lowest BCUT2D eigenvalue weighted by molar-refractivity contribution is 0.276. The van der Waals surface area contributed by atoms with Crippen molar-refractivity contribution >= 4 is 27.5 Å². The summed E-state index contributed by atoms with van der Waals surface area (Å²) in [6.07, 6.45) is 0. The van der Waals surface area contributed by atoms with Crippen LogP contribution in [-0.4, -0.2) is 15.1 Å². The minimum atomic E-state index is -0.0921. The molecule has 5 heteroatoms. The first-order chi connectivity index (χ1) is 8.10. The summed E-state index contributed by atoms with van der Waals surface area (Å²) in [6, 6.07) is 7.25. The predicted molar refractivity (Wildman–Crippen MR) is 70.8 cm³/mol. The highest BCUT2D eigenvalue weighted by atomic mass is 79.9. The van der Waals surface area contributed by atoms with Gasteiger partial charge < -0.3 is 5.11 Å². The Morgan fingerprint density at radius 2 is 2.06 bits per heavy atom. The number of nitrogens with zero attached hydrogens (tertiary/aromatic N) is 2. The lowest BCUT2D eigenvalue weighted by atomic mass is 10.2. The van der Waals surface area contributed by atoms with Crippen LogP contribution in [0.1, 0.15) is 11.4 Å². The first-order valence-corrected chi connectivity index (χ1v) is 6.18. The molecule has 0 unspecified atom stereocenters. The molecule has 17 heavy (non-hydrogen) atoms. The van der Waals surface area contributed by atoms with E-state index in [1.54, 1.807) is 12.1 Å². The molecule has 0 aliphatic carbocycles. The molecule has 0 fully saturated rings. The van der Waals surface area contributed by atoms with Crippen LogP contribution in [0.2, 0.25) is 5.02 Å². The quantitative estimate of drug-likeness (QED) is 0.924. The van der Waals surface area contributed by atoms with Crippen molar-refractivity contribution in [2.75, 3.05) is 0 Å². The number of hydrogen-bond acceptors (Lipinski definition) is 3. The Kier molecular flexibility index (Phi) is 3.76. The smallest absolute Gasteiger partial charge is 0.159 e. The maximum absolute atomic E-state index is 9.11. The number of rotatable bonds is 2. The number of aliphatic hydroxyl groups is 1. The van der Waals surface area contributed by atoms with Crippen LogP contribution in [0, 0.1) is 6.92 Å². The van der Waals surface area contributed by atoms with Crippen LogP contribution in [0.5, 0.6) is 0 Å². The summed E-state index contributed by atoms with van der Waals surface area (Å²) in [4.78, 5) is 8.60. The summed E-state index contributed by atoms with van der Waals surface area (Å²) in [6.45, 7) is 1.78. The number of halogens is 2. The Hall–Kier alpha value is -0.970. The van der Waals surface area contributed by atoms with Crippen molar-refractivity contribution in [1.82, 2.24) is 9.97 Å². The number of aliphatic hydroxyl groups excluding tert-OH is 1. The van der Waals surface area contributed by atoms with Crippen LogP contribution in [0.15, 0.2) is 28.7 Å². The van der Waals surface area contributed by atoms with Gasteiger partial charge in [-0.25, -0.2) is 9.97 Å². The number of aryl methyl sites for hydroxylation is 1. The molecule has 0 atom stereocenters. The molecule has 1 heterocycles. The first kappa shape index (κ1) is 12.5. The van der Waals surface area contributed by atoms with E-state index in [-0.39, 0.29) is 6.61 Å². The van der Waals surface area contributed by atoms with Crippen molar-refractivity contribution in [3.05, 3.63) is 45.1 Å². The SMILES string of the molecule is Cc1cc(CO)nc(-c2ccc(Cl)c(Br)c2)n1. The van der Waals surface area contributed by atoms with Crippen LogP contribution >= 0.6 is 27.5 Å². The second-order valence-electron chi connectivity index (χ2n) is 3.61. The normalized spacial score (nSPS) is 10.6. The van der Waals surface area contributed by atoms with E-state index in [2.05, 4.69) is 25.9 Å². The van der Waals surface area contributed by atoms with Crippen LogP contribution < -0.4 is 0 Å². The zero-order valence-corrected chi connectivity index (χ0v) is 11.5. The van der Waals surface area contributed by atoms with Gasteiger partial charge in [0.1, 0.15) is 0 Å². The van der Waals surface area contributed by atoms with Gasteiger partial charge in [-0.1, -0.05) is 11.6 Å². The number of aromatic nitrogens is 2. The van der Waals surface area contributed by atoms with Crippen LogP contribution in [0.25, 0.3) is 11.4 Å². The van der Waals surface area contributed by atoms with Gasteiger partial charge in [-0.2, -0.15) is 0 Å². The third kappa shape index (κ3) is 2.83. The average Bonchev–Trinajstić information content (AvgIpc) is 2.32. The fourth-order valence-corrected chi connectivity index (χ4v) is 1.98. The summed E-state index contributed by atoms with van der Waals surface area (Å²) in [5.74, 6) is 0.589. The molecule has 0 aliphatic rings. The highest BCUT2D eigenvalue weighted by Crippen LogP contribution is 2.27. The van der Waals surface area contributed by atoms with E-state index in [1.165, 1.54) is 0 Å². The summed E-state index contributed by atoms with van der Waals surface area (Å²) < 4.78 is 0.798. The maximum Gasteiger partial charge on any atom is 0.159 e. The Labute approximate surface area is 113 Å². The van der Waals surface area contributed by atoms with E-state index in [1.807, 2.05) is 19.1 Å². The van der Waals surface area contributed by atoms with Crippen LogP contribution in [0.4, 0.5) is 0 Å². The summed E-state index contributed by atoms with van der Waals surface area (Å²) in [5.41, 5.74) is 2.29. The average molecular weight is 314 g/mol. The van der Waals surface area contributed by atoms with E-state index in [0.29, 0.717) is 16.5 Å². The van der Waals surface area contributed by atoms with Crippen molar-refractivity contribution in [3.63, 3.8) is 0 Å². The molecular formula is C12H10BrClN2O. The van der Waals surface area contributed by atoms with Gasteiger partial charge in [0.2, 0.25) is 0 Å². The van der Waals surface area contributed by atoms with Crippen molar-refractivity contribution in [3.8, 4) is 11.4 Å². The molecule has 0 radical (unpaired) electrons. The van der Waals surface area contributed by atoms with Gasteiger partial charge in [-0.15, -0.1) is 0 Å². The minimum Gasteiger partial charge on any atom is -0.390 e. The second-order valence-corrected chi connectivity index (χ2v) is 4.87. The van der Waals surface area contributed by atoms with Crippen molar-refractivity contribution in [2.24, 2.45) is 0 Å². The Balaban J connectivity index is 2.52. The van der Waals surface area contributed by atoms with E-state index in [0.717, 1.165) is 15.7 Å². The predicted octanol–water partition coefficient (Wildman–Crippen LogP) is 3.36. The van der Waals surface area contributed by atoms with Crippen molar-refractivity contribution in [2.45, 2.75) is 13.5 Å². The standard InChI is InChI=1S/C12H10BrClN2O/c1-7-4-9(6-17)16-12(15-7)8-2-3-11(14)10(13)5-8/h2-5,17H,6H2,1H3. The van der Waals surface area contributed by atoms with Gasteiger partial charge in [0, 0.05) is 15.7 Å². The molecule has 3 nitrogen and oxygen atoms in total. The Morgan fingerprint density at radius 3 is 2.71 bits per heavy atom. The topological polar surface area (TPSA) is 46.0 Å². The van der Waals surface area contributed by atoms with Gasteiger partial charge in [0.15, 0.2) is 5.82 Å². The summed E-state index contributed by atoms with van der Waals surface area (Å²) >= 11 is 9.29. The number of benzene rings is 1. The van der Waals surface area contributed by atoms with Crippen LogP contribution in [0.3, 0.4) is 0 Å². The molecule has 0 saturated carbocycles. The van der Waals surface area contributed by atoms with Crippen molar-refractivity contribution in [1.29, 1.82) is 0 Å². The Bertz CT molecular complexity index is 560. The van der Waals surface area contributed by atoms with E-state index < -0.39 is 0 Å². The van der Waals surface area contributed by atoms with Gasteiger partial charge in [0.25, 0.3) is 0 Å². The molecule has 2 aromatic rings. The monoisotopic (exact) mass is 312 g/mol. The zero-order chi connectivity index (χ0) is 12.4. The third-order valence-corrected chi connectivity index (χ3v) is 3.46. The molecule has 0 amide bonds. The molecule has 2 rings (SSSR count). The first-order valence-electron chi connectivity index (χ1n) is 5.01. The van der Waals surface area contributed by atoms with E-state index in [9.17, 15) is 0 Å². The maximum atomic E-state index is 9.11. The van der Waals surface area contributed by atoms with Gasteiger partial charge in [0.05, 0.1) is 17.3 Å². The molecule has 1 N–H and O–H groups in total. The second kappa shape index (κ2) is 5.12. The molecule has 1 aromatic carbocycles. The Morgan fingerprint density at radius 1 is 1.29 bits per heavy atom. The highest BCUT2D eigenvalue weighted by molar-refractivity contribution is 9.10. The fraction of sp³-hybridized carbons (Fsp3) is 0.167. The van der Waals surface area contributed by atoms with Crippen LogP contribution in [-0.2, 0) is 6.61 Å². The fourth-order valence-electron chi connectivity index (χ4n) is 1.48. The molecule has 0 saturated heterocycles. The number of hydrogen-bond donors (Lipinski definition) is 1. The molecular weight excluding hydrogens is 304 g/mol. The molecule has 0 spiro atoms. The molecule has 0 aliphatic heterocycles. The van der Waals surface area contributed by atoms with Gasteiger partial charge >= 0.3 is 0 Å². The van der Waals surface area contributed by atoms with Gasteiger partial charge in [-0.05, 0) is 47.1 Å². The van der Waals surface area contributed by atoms with Gasteiger partial charge in [-0.3, -0.25) is 0 Å². The highest BCUT2D eigenvalue weighted by Gasteiger charge is 2.06. The minimum absolute atomic E-state index is 0.0921. The molecule has 0 bridgehead atoms. The van der Waals surface area contributed by atoms with E-state index >= 15 is 0 Å². The largest absolute Gasteiger partial charge is 0.390 e. The lowest BCUT2D eigenvalue weighted by Gasteiger charge is -2.05. The lowest BCUT2D eigenvalue weighted by Crippen LogP contribution is -1.97. The summed E-state index contributed by atoms with van der Waals surface area (Å²) in [5, 5.41) is 9.75. The van der Waals surface area contributed by atoms with Crippen molar-refractivity contribution < 1.29 is 5.11 Å².